The molecule has 0 aliphatic carbocycles. The summed E-state index contributed by atoms with van der Waals surface area (Å²) in [6.07, 6.45) is 0.322. The molecule has 0 aliphatic rings. The van der Waals surface area contributed by atoms with Crippen molar-refractivity contribution in [1.29, 1.82) is 0 Å². The lowest BCUT2D eigenvalue weighted by molar-refractivity contribution is -0.138. The van der Waals surface area contributed by atoms with Crippen LogP contribution >= 0.6 is 0 Å². The van der Waals surface area contributed by atoms with Crippen LogP contribution in [0.2, 0.25) is 0 Å². The summed E-state index contributed by atoms with van der Waals surface area (Å²) in [5.74, 6) is -0.977. The normalized spacial score (nSPS) is 12.9. The first-order valence-electron chi connectivity index (χ1n) is 5.13. The van der Waals surface area contributed by atoms with Gasteiger partial charge in [0.2, 0.25) is 0 Å². The summed E-state index contributed by atoms with van der Waals surface area (Å²) in [7, 11) is 0. The quantitative estimate of drug-likeness (QED) is 0.729. The molecule has 1 atom stereocenters. The number of hydrogen-bond acceptors (Lipinski definition) is 2. The standard InChI is InChI=1S/C12H14N2O2/c1-7-2-3-8-5-9(14-11(8)4-7)6-10(13)12(15)16/h2-5,10,14H,6,13H2,1H3,(H,15,16). The van der Waals surface area contributed by atoms with E-state index in [1.54, 1.807) is 0 Å². The number of carbonyl (C=O) groups is 1. The Balaban J connectivity index is 2.29. The molecule has 0 saturated carbocycles. The van der Waals surface area contributed by atoms with Crippen molar-refractivity contribution in [2.24, 2.45) is 5.73 Å². The van der Waals surface area contributed by atoms with Crippen molar-refractivity contribution >= 4 is 16.9 Å². The molecular formula is C12H14N2O2. The van der Waals surface area contributed by atoms with Gasteiger partial charge in [-0.1, -0.05) is 12.1 Å². The van der Waals surface area contributed by atoms with E-state index in [-0.39, 0.29) is 0 Å². The van der Waals surface area contributed by atoms with Gasteiger partial charge in [-0.05, 0) is 30.0 Å². The number of rotatable bonds is 3. The zero-order chi connectivity index (χ0) is 11.7. The molecule has 0 radical (unpaired) electrons. The molecule has 0 saturated heterocycles. The Hall–Kier alpha value is -1.81. The Morgan fingerprint density at radius 2 is 2.25 bits per heavy atom. The second kappa shape index (κ2) is 3.98. The van der Waals surface area contributed by atoms with Crippen LogP contribution in [-0.4, -0.2) is 22.1 Å². The molecule has 4 heteroatoms. The van der Waals surface area contributed by atoms with Crippen molar-refractivity contribution in [3.05, 3.63) is 35.5 Å². The molecule has 0 aliphatic heterocycles. The molecule has 16 heavy (non-hydrogen) atoms. The summed E-state index contributed by atoms with van der Waals surface area (Å²) in [6.45, 7) is 2.02. The van der Waals surface area contributed by atoms with E-state index < -0.39 is 12.0 Å². The molecule has 1 aromatic carbocycles. The van der Waals surface area contributed by atoms with E-state index >= 15 is 0 Å². The third kappa shape index (κ3) is 2.06. The largest absolute Gasteiger partial charge is 0.480 e. The van der Waals surface area contributed by atoms with E-state index in [4.69, 9.17) is 10.8 Å². The molecule has 1 unspecified atom stereocenters. The minimum absolute atomic E-state index is 0.322. The number of fused-ring (bicyclic) bond motifs is 1. The first kappa shape index (κ1) is 10.7. The Bertz CT molecular complexity index is 531. The fourth-order valence-corrected chi connectivity index (χ4v) is 1.74. The number of nitrogens with two attached hydrogens (primary N) is 1. The van der Waals surface area contributed by atoms with Gasteiger partial charge in [0, 0.05) is 17.6 Å². The maximum absolute atomic E-state index is 10.6. The van der Waals surface area contributed by atoms with Gasteiger partial charge in [-0.3, -0.25) is 4.79 Å². The second-order valence-electron chi connectivity index (χ2n) is 4.03. The summed E-state index contributed by atoms with van der Waals surface area (Å²) in [5.41, 5.74) is 8.53. The van der Waals surface area contributed by atoms with E-state index in [1.165, 1.54) is 5.56 Å². The van der Waals surface area contributed by atoms with E-state index in [9.17, 15) is 4.79 Å². The predicted molar refractivity (Wildman–Crippen MR) is 62.4 cm³/mol. The number of carboxylic acids is 1. The Morgan fingerprint density at radius 3 is 2.94 bits per heavy atom. The zero-order valence-electron chi connectivity index (χ0n) is 9.03. The third-order valence-corrected chi connectivity index (χ3v) is 2.59. The van der Waals surface area contributed by atoms with Gasteiger partial charge in [-0.2, -0.15) is 0 Å². The number of aliphatic carboxylic acids is 1. The van der Waals surface area contributed by atoms with Crippen molar-refractivity contribution < 1.29 is 9.90 Å². The molecule has 1 heterocycles. The number of benzene rings is 1. The fraction of sp³-hybridized carbons (Fsp3) is 0.250. The number of hydrogen-bond donors (Lipinski definition) is 3. The molecule has 4 nitrogen and oxygen atoms in total. The lowest BCUT2D eigenvalue weighted by atomic mass is 10.1. The Kier molecular flexibility index (Phi) is 2.66. The van der Waals surface area contributed by atoms with Crippen LogP contribution in [0.15, 0.2) is 24.3 Å². The van der Waals surface area contributed by atoms with Crippen molar-refractivity contribution in [2.45, 2.75) is 19.4 Å². The highest BCUT2D eigenvalue weighted by Crippen LogP contribution is 2.17. The number of aryl methyl sites for hydroxylation is 1. The molecule has 2 rings (SSSR count). The van der Waals surface area contributed by atoms with E-state index in [1.807, 2.05) is 31.2 Å². The van der Waals surface area contributed by atoms with Crippen LogP contribution in [-0.2, 0) is 11.2 Å². The van der Waals surface area contributed by atoms with Crippen LogP contribution in [0.5, 0.6) is 0 Å². The predicted octanol–water partition coefficient (Wildman–Crippen LogP) is 1.43. The minimum atomic E-state index is -0.977. The maximum Gasteiger partial charge on any atom is 0.320 e. The number of H-pyrrole nitrogens is 1. The highest BCUT2D eigenvalue weighted by Gasteiger charge is 2.13. The van der Waals surface area contributed by atoms with Crippen molar-refractivity contribution in [3.8, 4) is 0 Å². The number of aromatic nitrogens is 1. The number of nitrogens with one attached hydrogen (secondary N) is 1. The minimum Gasteiger partial charge on any atom is -0.480 e. The van der Waals surface area contributed by atoms with Crippen molar-refractivity contribution in [2.75, 3.05) is 0 Å². The molecule has 0 bridgehead atoms. The molecule has 2 aromatic rings. The number of aromatic amines is 1. The fourth-order valence-electron chi connectivity index (χ4n) is 1.74. The Labute approximate surface area is 93.1 Å². The van der Waals surface area contributed by atoms with Gasteiger partial charge in [0.15, 0.2) is 0 Å². The van der Waals surface area contributed by atoms with Crippen LogP contribution in [0, 0.1) is 6.92 Å². The molecule has 4 N–H and O–H groups in total. The van der Waals surface area contributed by atoms with Gasteiger partial charge < -0.3 is 15.8 Å². The molecule has 0 fully saturated rings. The Morgan fingerprint density at radius 1 is 1.50 bits per heavy atom. The molecule has 84 valence electrons. The molecule has 0 spiro atoms. The average Bonchev–Trinajstić information content (AvgIpc) is 2.58. The summed E-state index contributed by atoms with van der Waals surface area (Å²) in [5, 5.41) is 9.81. The van der Waals surface area contributed by atoms with E-state index in [0.29, 0.717) is 6.42 Å². The maximum atomic E-state index is 10.6. The van der Waals surface area contributed by atoms with Crippen LogP contribution in [0.3, 0.4) is 0 Å². The van der Waals surface area contributed by atoms with Gasteiger partial charge in [0.05, 0.1) is 0 Å². The highest BCUT2D eigenvalue weighted by molar-refractivity contribution is 5.81. The smallest absolute Gasteiger partial charge is 0.320 e. The van der Waals surface area contributed by atoms with Gasteiger partial charge >= 0.3 is 5.97 Å². The lowest BCUT2D eigenvalue weighted by Gasteiger charge is -2.02. The average molecular weight is 218 g/mol. The van der Waals surface area contributed by atoms with Crippen LogP contribution in [0.1, 0.15) is 11.3 Å². The third-order valence-electron chi connectivity index (χ3n) is 2.59. The topological polar surface area (TPSA) is 79.1 Å². The summed E-state index contributed by atoms with van der Waals surface area (Å²) < 4.78 is 0. The van der Waals surface area contributed by atoms with E-state index in [0.717, 1.165) is 16.6 Å². The summed E-state index contributed by atoms with van der Waals surface area (Å²) >= 11 is 0. The van der Waals surface area contributed by atoms with E-state index in [2.05, 4.69) is 4.98 Å². The molecular weight excluding hydrogens is 204 g/mol. The highest BCUT2D eigenvalue weighted by atomic mass is 16.4. The van der Waals surface area contributed by atoms with Crippen molar-refractivity contribution in [3.63, 3.8) is 0 Å². The van der Waals surface area contributed by atoms with Gasteiger partial charge in [0.1, 0.15) is 6.04 Å². The van der Waals surface area contributed by atoms with Gasteiger partial charge in [0.25, 0.3) is 0 Å². The first-order chi connectivity index (χ1) is 7.56. The monoisotopic (exact) mass is 218 g/mol. The molecule has 1 aromatic heterocycles. The summed E-state index contributed by atoms with van der Waals surface area (Å²) in [4.78, 5) is 13.8. The number of carboxylic acid groups (broad SMARTS) is 1. The van der Waals surface area contributed by atoms with Gasteiger partial charge in [-0.25, -0.2) is 0 Å². The molecule has 0 amide bonds. The van der Waals surface area contributed by atoms with Crippen molar-refractivity contribution in [1.82, 2.24) is 4.98 Å². The second-order valence-corrected chi connectivity index (χ2v) is 4.03. The zero-order valence-corrected chi connectivity index (χ0v) is 9.03. The van der Waals surface area contributed by atoms with Crippen LogP contribution in [0.4, 0.5) is 0 Å². The van der Waals surface area contributed by atoms with Crippen LogP contribution < -0.4 is 5.73 Å². The summed E-state index contributed by atoms with van der Waals surface area (Å²) in [6, 6.07) is 7.16. The first-order valence-corrected chi connectivity index (χ1v) is 5.13. The lowest BCUT2D eigenvalue weighted by Crippen LogP contribution is -2.32. The SMILES string of the molecule is Cc1ccc2cc(CC(N)C(=O)O)[nH]c2c1. The van der Waals surface area contributed by atoms with Gasteiger partial charge in [-0.15, -0.1) is 0 Å². The van der Waals surface area contributed by atoms with Crippen LogP contribution in [0.25, 0.3) is 10.9 Å².